The standard InChI is InChI=1S/C20H20N2O6S2/c1-13(12-23)27-16-9-14(19(24)22-20-21-7-8-29-20)10-17(11-16)28-15-3-5-18(6-4-15)30(2,25)26/h3-11,13,23H,12H2,1-2H3,(H,21,22,24)/t13-/m1/s1. The summed E-state index contributed by atoms with van der Waals surface area (Å²) in [5, 5.41) is 14.1. The average molecular weight is 449 g/mol. The number of thiazole rings is 1. The van der Waals surface area contributed by atoms with Crippen LogP contribution in [-0.4, -0.2) is 43.4 Å². The minimum atomic E-state index is -3.32. The predicted molar refractivity (Wildman–Crippen MR) is 113 cm³/mol. The number of nitrogens with zero attached hydrogens (tertiary/aromatic N) is 1. The molecule has 0 aliphatic carbocycles. The Kier molecular flexibility index (Phi) is 6.70. The largest absolute Gasteiger partial charge is 0.488 e. The Labute approximate surface area is 178 Å². The second-order valence-electron chi connectivity index (χ2n) is 6.44. The van der Waals surface area contributed by atoms with E-state index >= 15 is 0 Å². The minimum Gasteiger partial charge on any atom is -0.488 e. The first kappa shape index (κ1) is 21.8. The summed E-state index contributed by atoms with van der Waals surface area (Å²) in [6.45, 7) is 1.49. The first-order valence-corrected chi connectivity index (χ1v) is 11.6. The van der Waals surface area contributed by atoms with Crippen LogP contribution in [0.25, 0.3) is 0 Å². The van der Waals surface area contributed by atoms with Gasteiger partial charge in [0.05, 0.1) is 11.5 Å². The third kappa shape index (κ3) is 5.78. The topological polar surface area (TPSA) is 115 Å². The van der Waals surface area contributed by atoms with Gasteiger partial charge < -0.3 is 14.6 Å². The van der Waals surface area contributed by atoms with Gasteiger partial charge in [-0.3, -0.25) is 10.1 Å². The Bertz CT molecular complexity index is 1110. The van der Waals surface area contributed by atoms with Gasteiger partial charge in [0.15, 0.2) is 15.0 Å². The normalized spacial score (nSPS) is 12.2. The number of benzene rings is 2. The van der Waals surface area contributed by atoms with E-state index in [0.29, 0.717) is 22.4 Å². The Morgan fingerprint density at radius 3 is 2.47 bits per heavy atom. The molecule has 10 heteroatoms. The fourth-order valence-corrected chi connectivity index (χ4v) is 3.60. The molecule has 3 rings (SSSR count). The van der Waals surface area contributed by atoms with Crippen molar-refractivity contribution < 1.29 is 27.8 Å². The van der Waals surface area contributed by atoms with Crippen molar-refractivity contribution in [3.8, 4) is 17.2 Å². The second-order valence-corrected chi connectivity index (χ2v) is 9.35. The van der Waals surface area contributed by atoms with Gasteiger partial charge in [-0.1, -0.05) is 0 Å². The van der Waals surface area contributed by atoms with E-state index in [4.69, 9.17) is 9.47 Å². The van der Waals surface area contributed by atoms with Gasteiger partial charge in [0, 0.05) is 29.5 Å². The SMILES string of the molecule is C[C@H](CO)Oc1cc(Oc2ccc(S(C)(=O)=O)cc2)cc(C(=O)Nc2nccs2)c1. The van der Waals surface area contributed by atoms with Crippen LogP contribution in [0, 0.1) is 0 Å². The van der Waals surface area contributed by atoms with Gasteiger partial charge in [-0.15, -0.1) is 11.3 Å². The lowest BCUT2D eigenvalue weighted by atomic mass is 10.2. The van der Waals surface area contributed by atoms with Crippen molar-refractivity contribution in [3.05, 3.63) is 59.6 Å². The zero-order valence-corrected chi connectivity index (χ0v) is 17.9. The number of anilines is 1. The monoisotopic (exact) mass is 448 g/mol. The van der Waals surface area contributed by atoms with Crippen LogP contribution in [0.5, 0.6) is 17.2 Å². The third-order valence-electron chi connectivity index (χ3n) is 3.88. The molecule has 1 heterocycles. The zero-order valence-electron chi connectivity index (χ0n) is 16.2. The third-order valence-corrected chi connectivity index (χ3v) is 5.69. The summed E-state index contributed by atoms with van der Waals surface area (Å²) in [5.74, 6) is 0.644. The maximum atomic E-state index is 12.6. The van der Waals surface area contributed by atoms with Crippen LogP contribution in [-0.2, 0) is 9.84 Å². The number of aliphatic hydroxyl groups excluding tert-OH is 1. The molecule has 0 radical (unpaired) electrons. The van der Waals surface area contributed by atoms with Gasteiger partial charge in [-0.05, 0) is 43.3 Å². The van der Waals surface area contributed by atoms with Crippen molar-refractivity contribution in [3.63, 3.8) is 0 Å². The number of hydrogen-bond acceptors (Lipinski definition) is 8. The Morgan fingerprint density at radius 1 is 1.17 bits per heavy atom. The van der Waals surface area contributed by atoms with Crippen molar-refractivity contribution in [2.75, 3.05) is 18.2 Å². The van der Waals surface area contributed by atoms with Crippen molar-refractivity contribution >= 4 is 32.2 Å². The lowest BCUT2D eigenvalue weighted by Gasteiger charge is -2.15. The molecule has 8 nitrogen and oxygen atoms in total. The number of aromatic nitrogens is 1. The Hall–Kier alpha value is -2.95. The van der Waals surface area contributed by atoms with Gasteiger partial charge in [-0.25, -0.2) is 13.4 Å². The smallest absolute Gasteiger partial charge is 0.257 e. The maximum Gasteiger partial charge on any atom is 0.257 e. The molecule has 0 spiro atoms. The molecule has 1 atom stereocenters. The molecule has 0 unspecified atom stereocenters. The Balaban J connectivity index is 1.88. The number of sulfone groups is 1. The van der Waals surface area contributed by atoms with Gasteiger partial charge in [0.25, 0.3) is 5.91 Å². The summed E-state index contributed by atoms with van der Waals surface area (Å²) >= 11 is 1.29. The first-order chi connectivity index (χ1) is 14.2. The molecule has 1 aromatic heterocycles. The van der Waals surface area contributed by atoms with Crippen molar-refractivity contribution in [1.82, 2.24) is 4.98 Å². The van der Waals surface area contributed by atoms with Gasteiger partial charge in [0.2, 0.25) is 0 Å². The number of aliphatic hydroxyl groups is 1. The first-order valence-electron chi connectivity index (χ1n) is 8.86. The molecular weight excluding hydrogens is 428 g/mol. The quantitative estimate of drug-likeness (QED) is 0.543. The minimum absolute atomic E-state index is 0.173. The number of nitrogens with one attached hydrogen (secondary N) is 1. The highest BCUT2D eigenvalue weighted by Crippen LogP contribution is 2.29. The fourth-order valence-electron chi connectivity index (χ4n) is 2.44. The van der Waals surface area contributed by atoms with E-state index in [1.807, 2.05) is 0 Å². The summed E-state index contributed by atoms with van der Waals surface area (Å²) < 4.78 is 34.6. The predicted octanol–water partition coefficient (Wildman–Crippen LogP) is 3.35. The summed E-state index contributed by atoms with van der Waals surface area (Å²) in [5.41, 5.74) is 0.274. The summed E-state index contributed by atoms with van der Waals surface area (Å²) in [7, 11) is -3.32. The molecule has 0 aliphatic heterocycles. The molecule has 2 N–H and O–H groups in total. The number of carbonyl (C=O) groups excluding carboxylic acids is 1. The molecule has 30 heavy (non-hydrogen) atoms. The maximum absolute atomic E-state index is 12.6. The molecule has 0 saturated heterocycles. The van der Waals surface area contributed by atoms with Crippen LogP contribution in [0.4, 0.5) is 5.13 Å². The van der Waals surface area contributed by atoms with E-state index in [1.165, 1.54) is 47.7 Å². The summed E-state index contributed by atoms with van der Waals surface area (Å²) in [4.78, 5) is 16.8. The highest BCUT2D eigenvalue weighted by atomic mass is 32.2. The van der Waals surface area contributed by atoms with Gasteiger partial charge >= 0.3 is 0 Å². The molecule has 1 amide bonds. The Morgan fingerprint density at radius 2 is 1.87 bits per heavy atom. The summed E-state index contributed by atoms with van der Waals surface area (Å²) in [6, 6.07) is 10.6. The lowest BCUT2D eigenvalue weighted by Crippen LogP contribution is -2.17. The van der Waals surface area contributed by atoms with E-state index in [-0.39, 0.29) is 17.1 Å². The average Bonchev–Trinajstić information content (AvgIpc) is 3.20. The molecule has 0 aliphatic rings. The fraction of sp³-hybridized carbons (Fsp3) is 0.200. The van der Waals surface area contributed by atoms with Crippen LogP contribution >= 0.6 is 11.3 Å². The number of carbonyl (C=O) groups is 1. The molecule has 3 aromatic rings. The van der Waals surface area contributed by atoms with Crippen molar-refractivity contribution in [2.24, 2.45) is 0 Å². The highest BCUT2D eigenvalue weighted by Gasteiger charge is 2.14. The molecule has 0 saturated carbocycles. The second kappa shape index (κ2) is 9.24. The molecule has 0 bridgehead atoms. The van der Waals surface area contributed by atoms with Crippen LogP contribution < -0.4 is 14.8 Å². The number of amides is 1. The summed E-state index contributed by atoms with van der Waals surface area (Å²) in [6.07, 6.45) is 2.22. The molecule has 0 fully saturated rings. The zero-order chi connectivity index (χ0) is 21.7. The number of ether oxygens (including phenoxy) is 2. The van der Waals surface area contributed by atoms with Gasteiger partial charge in [0.1, 0.15) is 23.4 Å². The van der Waals surface area contributed by atoms with Crippen LogP contribution in [0.3, 0.4) is 0 Å². The van der Waals surface area contributed by atoms with E-state index in [0.717, 1.165) is 6.26 Å². The van der Waals surface area contributed by atoms with E-state index in [9.17, 15) is 18.3 Å². The lowest BCUT2D eigenvalue weighted by molar-refractivity contribution is 0.102. The molecule has 158 valence electrons. The van der Waals surface area contributed by atoms with E-state index in [1.54, 1.807) is 24.6 Å². The molecular formula is C20H20N2O6S2. The number of rotatable bonds is 8. The van der Waals surface area contributed by atoms with Crippen molar-refractivity contribution in [2.45, 2.75) is 17.9 Å². The van der Waals surface area contributed by atoms with Gasteiger partial charge in [-0.2, -0.15) is 0 Å². The van der Waals surface area contributed by atoms with E-state index < -0.39 is 21.8 Å². The highest BCUT2D eigenvalue weighted by molar-refractivity contribution is 7.90. The molecule has 2 aromatic carbocycles. The van der Waals surface area contributed by atoms with Crippen molar-refractivity contribution in [1.29, 1.82) is 0 Å². The van der Waals surface area contributed by atoms with Crippen LogP contribution in [0.15, 0.2) is 58.9 Å². The van der Waals surface area contributed by atoms with Crippen LogP contribution in [0.2, 0.25) is 0 Å². The number of hydrogen-bond donors (Lipinski definition) is 2. The van der Waals surface area contributed by atoms with Crippen LogP contribution in [0.1, 0.15) is 17.3 Å². The van der Waals surface area contributed by atoms with E-state index in [2.05, 4.69) is 10.3 Å².